The van der Waals surface area contributed by atoms with Crippen LogP contribution in [0.3, 0.4) is 0 Å². The van der Waals surface area contributed by atoms with E-state index in [4.69, 9.17) is 0 Å². The molecule has 0 saturated heterocycles. The van der Waals surface area contributed by atoms with Crippen LogP contribution >= 0.6 is 0 Å². The summed E-state index contributed by atoms with van der Waals surface area (Å²) in [4.78, 5) is 0. The number of rotatable bonds is 7. The maximum absolute atomic E-state index is 13.0. The van der Waals surface area contributed by atoms with Crippen molar-refractivity contribution in [3.8, 4) is 0 Å². The standard InChI is InChI=1S/C14H21F2NO/c1-3-7-17-8-6-14(2,18)10-11-4-5-12(15)13(16)9-11/h4-5,9,17-18H,3,6-8,10H2,1-2H3. The van der Waals surface area contributed by atoms with Crippen molar-refractivity contribution in [3.63, 3.8) is 0 Å². The van der Waals surface area contributed by atoms with E-state index in [1.165, 1.54) is 6.07 Å². The molecule has 1 aromatic rings. The van der Waals surface area contributed by atoms with Crippen LogP contribution in [0.25, 0.3) is 0 Å². The molecule has 0 bridgehead atoms. The first kappa shape index (κ1) is 15.1. The van der Waals surface area contributed by atoms with E-state index in [1.54, 1.807) is 6.92 Å². The Labute approximate surface area is 107 Å². The van der Waals surface area contributed by atoms with E-state index in [0.717, 1.165) is 25.1 Å². The fourth-order valence-electron chi connectivity index (χ4n) is 1.84. The smallest absolute Gasteiger partial charge is 0.159 e. The average Bonchev–Trinajstić information content (AvgIpc) is 2.29. The molecular formula is C14H21F2NO. The molecule has 1 rings (SSSR count). The van der Waals surface area contributed by atoms with Crippen LogP contribution < -0.4 is 5.32 Å². The molecule has 4 heteroatoms. The van der Waals surface area contributed by atoms with Crippen molar-refractivity contribution in [2.45, 2.75) is 38.7 Å². The van der Waals surface area contributed by atoms with E-state index in [1.807, 2.05) is 0 Å². The highest BCUT2D eigenvalue weighted by Crippen LogP contribution is 2.18. The lowest BCUT2D eigenvalue weighted by Gasteiger charge is -2.23. The third kappa shape index (κ3) is 5.10. The highest BCUT2D eigenvalue weighted by atomic mass is 19.2. The van der Waals surface area contributed by atoms with E-state index >= 15 is 0 Å². The molecule has 1 atom stereocenters. The van der Waals surface area contributed by atoms with E-state index in [9.17, 15) is 13.9 Å². The highest BCUT2D eigenvalue weighted by Gasteiger charge is 2.20. The van der Waals surface area contributed by atoms with E-state index in [0.29, 0.717) is 24.9 Å². The van der Waals surface area contributed by atoms with Gasteiger partial charge in [0, 0.05) is 6.42 Å². The lowest BCUT2D eigenvalue weighted by atomic mass is 9.93. The number of halogens is 2. The third-order valence-electron chi connectivity index (χ3n) is 2.84. The monoisotopic (exact) mass is 257 g/mol. The number of hydrogen-bond donors (Lipinski definition) is 2. The molecular weight excluding hydrogens is 236 g/mol. The maximum Gasteiger partial charge on any atom is 0.159 e. The molecule has 0 aromatic heterocycles. The Morgan fingerprint density at radius 2 is 1.94 bits per heavy atom. The Morgan fingerprint density at radius 1 is 1.22 bits per heavy atom. The van der Waals surface area contributed by atoms with E-state index in [-0.39, 0.29) is 0 Å². The summed E-state index contributed by atoms with van der Waals surface area (Å²) in [6.45, 7) is 5.42. The second-order valence-corrected chi connectivity index (χ2v) is 4.92. The summed E-state index contributed by atoms with van der Waals surface area (Å²) in [5, 5.41) is 13.4. The summed E-state index contributed by atoms with van der Waals surface area (Å²) in [5.74, 6) is -1.73. The van der Waals surface area contributed by atoms with Crippen LogP contribution in [0.1, 0.15) is 32.3 Å². The van der Waals surface area contributed by atoms with Gasteiger partial charge in [-0.3, -0.25) is 0 Å². The second kappa shape index (κ2) is 6.81. The molecule has 0 aliphatic heterocycles. The number of benzene rings is 1. The minimum Gasteiger partial charge on any atom is -0.390 e. The molecule has 0 amide bonds. The van der Waals surface area contributed by atoms with Crippen molar-refractivity contribution >= 4 is 0 Å². The predicted molar refractivity (Wildman–Crippen MR) is 68.5 cm³/mol. The zero-order valence-electron chi connectivity index (χ0n) is 11.0. The summed E-state index contributed by atoms with van der Waals surface area (Å²) in [7, 11) is 0. The van der Waals surface area contributed by atoms with Gasteiger partial charge < -0.3 is 10.4 Å². The molecule has 0 aliphatic carbocycles. The first-order chi connectivity index (χ1) is 8.44. The predicted octanol–water partition coefficient (Wildman–Crippen LogP) is 2.65. The van der Waals surface area contributed by atoms with Crippen molar-refractivity contribution < 1.29 is 13.9 Å². The molecule has 0 spiro atoms. The number of hydrogen-bond acceptors (Lipinski definition) is 2. The minimum atomic E-state index is -0.912. The Morgan fingerprint density at radius 3 is 2.56 bits per heavy atom. The van der Waals surface area contributed by atoms with Crippen molar-refractivity contribution in [1.82, 2.24) is 5.32 Å². The van der Waals surface area contributed by atoms with Gasteiger partial charge >= 0.3 is 0 Å². The first-order valence-electron chi connectivity index (χ1n) is 6.31. The van der Waals surface area contributed by atoms with E-state index < -0.39 is 17.2 Å². The van der Waals surface area contributed by atoms with Crippen LogP contribution in [-0.4, -0.2) is 23.8 Å². The molecule has 0 heterocycles. The normalized spacial score (nSPS) is 14.5. The Balaban J connectivity index is 2.50. The Kier molecular flexibility index (Phi) is 5.69. The zero-order valence-corrected chi connectivity index (χ0v) is 11.0. The summed E-state index contributed by atoms with van der Waals surface area (Å²) in [6.07, 6.45) is 1.94. The van der Waals surface area contributed by atoms with Gasteiger partial charge in [0.15, 0.2) is 11.6 Å². The third-order valence-corrected chi connectivity index (χ3v) is 2.84. The lowest BCUT2D eigenvalue weighted by molar-refractivity contribution is 0.0515. The minimum absolute atomic E-state index is 0.317. The van der Waals surface area contributed by atoms with Gasteiger partial charge in [0.1, 0.15) is 0 Å². The van der Waals surface area contributed by atoms with Gasteiger partial charge in [-0.15, -0.1) is 0 Å². The number of nitrogens with one attached hydrogen (secondary N) is 1. The molecule has 0 saturated carbocycles. The Hall–Kier alpha value is -1.00. The van der Waals surface area contributed by atoms with Crippen molar-refractivity contribution in [3.05, 3.63) is 35.4 Å². The molecule has 1 unspecified atom stereocenters. The van der Waals surface area contributed by atoms with Crippen molar-refractivity contribution in [2.75, 3.05) is 13.1 Å². The largest absolute Gasteiger partial charge is 0.390 e. The van der Waals surface area contributed by atoms with Gasteiger partial charge in [0.25, 0.3) is 0 Å². The summed E-state index contributed by atoms with van der Waals surface area (Å²) >= 11 is 0. The fraction of sp³-hybridized carbons (Fsp3) is 0.571. The van der Waals surface area contributed by atoms with Gasteiger partial charge in [0.2, 0.25) is 0 Å². The van der Waals surface area contributed by atoms with Gasteiger partial charge in [-0.1, -0.05) is 13.0 Å². The van der Waals surface area contributed by atoms with Crippen LogP contribution in [0.15, 0.2) is 18.2 Å². The molecule has 0 aliphatic rings. The summed E-state index contributed by atoms with van der Waals surface area (Å²) < 4.78 is 25.8. The van der Waals surface area contributed by atoms with Crippen LogP contribution in [0.4, 0.5) is 8.78 Å². The van der Waals surface area contributed by atoms with Gasteiger partial charge in [-0.2, -0.15) is 0 Å². The van der Waals surface area contributed by atoms with Crippen LogP contribution in [0.5, 0.6) is 0 Å². The van der Waals surface area contributed by atoms with Crippen molar-refractivity contribution in [1.29, 1.82) is 0 Å². The summed E-state index contributed by atoms with van der Waals surface area (Å²) in [5.41, 5.74) is -0.306. The molecule has 2 N–H and O–H groups in total. The molecule has 0 fully saturated rings. The first-order valence-corrected chi connectivity index (χ1v) is 6.31. The topological polar surface area (TPSA) is 32.3 Å². The molecule has 18 heavy (non-hydrogen) atoms. The van der Waals surface area contributed by atoms with Crippen LogP contribution in [-0.2, 0) is 6.42 Å². The Bertz CT molecular complexity index is 380. The van der Waals surface area contributed by atoms with Gasteiger partial charge in [0.05, 0.1) is 5.60 Å². The quantitative estimate of drug-likeness (QED) is 0.736. The fourth-order valence-corrected chi connectivity index (χ4v) is 1.84. The van der Waals surface area contributed by atoms with Crippen LogP contribution in [0.2, 0.25) is 0 Å². The molecule has 102 valence electrons. The van der Waals surface area contributed by atoms with Crippen molar-refractivity contribution in [2.24, 2.45) is 0 Å². The lowest BCUT2D eigenvalue weighted by Crippen LogP contribution is -2.32. The molecule has 0 radical (unpaired) electrons. The molecule has 1 aromatic carbocycles. The second-order valence-electron chi connectivity index (χ2n) is 4.92. The maximum atomic E-state index is 13.0. The SMILES string of the molecule is CCCNCCC(C)(O)Cc1ccc(F)c(F)c1. The highest BCUT2D eigenvalue weighted by molar-refractivity contribution is 5.19. The van der Waals surface area contributed by atoms with Crippen LogP contribution in [0, 0.1) is 11.6 Å². The zero-order chi connectivity index (χ0) is 13.6. The number of aliphatic hydroxyl groups is 1. The van der Waals surface area contributed by atoms with E-state index in [2.05, 4.69) is 12.2 Å². The summed E-state index contributed by atoms with van der Waals surface area (Å²) in [6, 6.07) is 3.74. The van der Waals surface area contributed by atoms with Gasteiger partial charge in [-0.25, -0.2) is 8.78 Å². The molecule has 2 nitrogen and oxygen atoms in total. The average molecular weight is 257 g/mol. The van der Waals surface area contributed by atoms with Gasteiger partial charge in [-0.05, 0) is 50.6 Å².